The van der Waals surface area contributed by atoms with Crippen LogP contribution in [-0.4, -0.2) is 27.4 Å². The van der Waals surface area contributed by atoms with Gasteiger partial charge in [0.15, 0.2) is 0 Å². The molecule has 4 nitrogen and oxygen atoms in total. The standard InChI is InChI=1S/C14H22BrN3OS/c1-2-6-11-12(20-18-17-11)13(19)16-10-14(9-15)7-4-3-5-8-14/h2-10H2,1H3,(H,16,19). The van der Waals surface area contributed by atoms with Gasteiger partial charge in [0.05, 0.1) is 5.69 Å². The normalized spacial score (nSPS) is 17.9. The molecule has 0 aromatic carbocycles. The van der Waals surface area contributed by atoms with Crippen molar-refractivity contribution in [3.05, 3.63) is 10.6 Å². The van der Waals surface area contributed by atoms with Gasteiger partial charge in [-0.2, -0.15) is 0 Å². The van der Waals surface area contributed by atoms with Crippen LogP contribution in [0.25, 0.3) is 0 Å². The fourth-order valence-corrected chi connectivity index (χ4v) is 4.17. The van der Waals surface area contributed by atoms with Crippen LogP contribution in [0.15, 0.2) is 0 Å². The van der Waals surface area contributed by atoms with E-state index in [2.05, 4.69) is 37.8 Å². The van der Waals surface area contributed by atoms with Gasteiger partial charge in [-0.3, -0.25) is 4.79 Å². The van der Waals surface area contributed by atoms with Crippen LogP contribution in [0.3, 0.4) is 0 Å². The summed E-state index contributed by atoms with van der Waals surface area (Å²) in [4.78, 5) is 13.0. The van der Waals surface area contributed by atoms with Crippen LogP contribution in [0.2, 0.25) is 0 Å². The lowest BCUT2D eigenvalue weighted by Gasteiger charge is -2.35. The average molecular weight is 360 g/mol. The third kappa shape index (κ3) is 3.79. The van der Waals surface area contributed by atoms with E-state index in [0.29, 0.717) is 4.88 Å². The number of alkyl halides is 1. The number of aromatic nitrogens is 2. The van der Waals surface area contributed by atoms with Crippen LogP contribution >= 0.6 is 27.5 Å². The lowest BCUT2D eigenvalue weighted by molar-refractivity contribution is 0.0925. The molecule has 0 bridgehead atoms. The van der Waals surface area contributed by atoms with Gasteiger partial charge >= 0.3 is 0 Å². The van der Waals surface area contributed by atoms with Gasteiger partial charge in [0.2, 0.25) is 0 Å². The predicted molar refractivity (Wildman–Crippen MR) is 85.5 cm³/mol. The molecule has 0 saturated heterocycles. The molecule has 1 fully saturated rings. The lowest BCUT2D eigenvalue weighted by Crippen LogP contribution is -2.40. The number of carbonyl (C=O) groups is 1. The highest BCUT2D eigenvalue weighted by Crippen LogP contribution is 2.37. The van der Waals surface area contributed by atoms with Crippen LogP contribution in [0.5, 0.6) is 0 Å². The van der Waals surface area contributed by atoms with Crippen LogP contribution in [0.1, 0.15) is 60.8 Å². The third-order valence-corrected chi connectivity index (χ3v) is 6.03. The van der Waals surface area contributed by atoms with Gasteiger partial charge in [-0.15, -0.1) is 5.10 Å². The number of carbonyl (C=O) groups excluding carboxylic acids is 1. The van der Waals surface area contributed by atoms with Crippen molar-refractivity contribution < 1.29 is 4.79 Å². The SMILES string of the molecule is CCCc1nnsc1C(=O)NCC1(CBr)CCCCC1. The lowest BCUT2D eigenvalue weighted by atomic mass is 9.75. The topological polar surface area (TPSA) is 54.9 Å². The van der Waals surface area contributed by atoms with E-state index < -0.39 is 0 Å². The molecule has 1 aliphatic carbocycles. The average Bonchev–Trinajstić information content (AvgIpc) is 2.94. The van der Waals surface area contributed by atoms with Crippen LogP contribution < -0.4 is 5.32 Å². The van der Waals surface area contributed by atoms with Crippen molar-refractivity contribution >= 4 is 33.4 Å². The van der Waals surface area contributed by atoms with Gasteiger partial charge in [0.1, 0.15) is 4.88 Å². The van der Waals surface area contributed by atoms with Crippen LogP contribution in [-0.2, 0) is 6.42 Å². The Kier molecular flexibility index (Phi) is 5.96. The molecule has 1 aliphatic rings. The monoisotopic (exact) mass is 359 g/mol. The quantitative estimate of drug-likeness (QED) is 0.789. The summed E-state index contributed by atoms with van der Waals surface area (Å²) in [6.07, 6.45) is 8.06. The molecule has 112 valence electrons. The molecule has 0 unspecified atom stereocenters. The fraction of sp³-hybridized carbons (Fsp3) is 0.786. The molecule has 1 saturated carbocycles. The van der Waals surface area contributed by atoms with Crippen molar-refractivity contribution in [2.45, 2.75) is 51.9 Å². The molecule has 0 radical (unpaired) electrons. The van der Waals surface area contributed by atoms with Gasteiger partial charge in [0, 0.05) is 11.9 Å². The van der Waals surface area contributed by atoms with Crippen molar-refractivity contribution in [3.8, 4) is 0 Å². The molecule has 0 spiro atoms. The first-order valence-electron chi connectivity index (χ1n) is 7.36. The zero-order valence-corrected chi connectivity index (χ0v) is 14.4. The summed E-state index contributed by atoms with van der Waals surface area (Å²) in [6.45, 7) is 2.84. The first-order chi connectivity index (χ1) is 9.71. The zero-order valence-electron chi connectivity index (χ0n) is 12.0. The number of nitrogens with one attached hydrogen (secondary N) is 1. The van der Waals surface area contributed by atoms with Gasteiger partial charge in [0.25, 0.3) is 5.91 Å². The highest BCUT2D eigenvalue weighted by molar-refractivity contribution is 9.09. The predicted octanol–water partition coefficient (Wildman–Crippen LogP) is 3.57. The Labute approximate surface area is 133 Å². The summed E-state index contributed by atoms with van der Waals surface area (Å²) in [5, 5.41) is 8.13. The Balaban J connectivity index is 1.95. The minimum absolute atomic E-state index is 0.00523. The Hall–Kier alpha value is -0.490. The van der Waals surface area contributed by atoms with E-state index in [1.807, 2.05) is 0 Å². The number of hydrogen-bond acceptors (Lipinski definition) is 4. The van der Waals surface area contributed by atoms with Crippen molar-refractivity contribution in [2.24, 2.45) is 5.41 Å². The smallest absolute Gasteiger partial charge is 0.264 e. The molecule has 1 N–H and O–H groups in total. The summed E-state index contributed by atoms with van der Waals surface area (Å²) < 4.78 is 3.92. The second-order valence-corrected chi connectivity index (χ2v) is 6.99. The number of hydrogen-bond donors (Lipinski definition) is 1. The van der Waals surface area contributed by atoms with E-state index in [0.717, 1.165) is 30.4 Å². The highest BCUT2D eigenvalue weighted by Gasteiger charge is 2.31. The fourth-order valence-electron chi connectivity index (χ4n) is 2.79. The van der Waals surface area contributed by atoms with Gasteiger partial charge in [-0.25, -0.2) is 0 Å². The van der Waals surface area contributed by atoms with E-state index in [9.17, 15) is 4.79 Å². The number of nitrogens with zero attached hydrogens (tertiary/aromatic N) is 2. The maximum Gasteiger partial charge on any atom is 0.264 e. The van der Waals surface area contributed by atoms with Crippen LogP contribution in [0.4, 0.5) is 0 Å². The Morgan fingerprint density at radius 3 is 2.80 bits per heavy atom. The van der Waals surface area contributed by atoms with E-state index in [4.69, 9.17) is 0 Å². The second kappa shape index (κ2) is 7.50. The van der Waals surface area contributed by atoms with Crippen LogP contribution in [0, 0.1) is 5.41 Å². The molecule has 2 rings (SSSR count). The summed E-state index contributed by atoms with van der Waals surface area (Å²) in [7, 11) is 0. The van der Waals surface area contributed by atoms with Crippen molar-refractivity contribution in [1.82, 2.24) is 14.9 Å². The van der Waals surface area contributed by atoms with Gasteiger partial charge in [-0.1, -0.05) is 53.0 Å². The summed E-state index contributed by atoms with van der Waals surface area (Å²) in [5.74, 6) is -0.00523. The Bertz CT molecular complexity index is 443. The summed E-state index contributed by atoms with van der Waals surface area (Å²) >= 11 is 4.84. The van der Waals surface area contributed by atoms with Gasteiger partial charge in [-0.05, 0) is 36.2 Å². The van der Waals surface area contributed by atoms with Crippen molar-refractivity contribution in [1.29, 1.82) is 0 Å². The molecule has 1 aromatic heterocycles. The summed E-state index contributed by atoms with van der Waals surface area (Å²) in [6, 6.07) is 0. The third-order valence-electron chi connectivity index (χ3n) is 4.07. The number of amides is 1. The van der Waals surface area contributed by atoms with E-state index in [-0.39, 0.29) is 11.3 Å². The van der Waals surface area contributed by atoms with E-state index in [1.165, 1.54) is 43.6 Å². The minimum atomic E-state index is -0.00523. The molecule has 6 heteroatoms. The molecule has 0 aliphatic heterocycles. The summed E-state index contributed by atoms with van der Waals surface area (Å²) in [5.41, 5.74) is 1.07. The molecule has 1 heterocycles. The Morgan fingerprint density at radius 2 is 2.15 bits per heavy atom. The van der Waals surface area contributed by atoms with Crippen molar-refractivity contribution in [3.63, 3.8) is 0 Å². The number of aryl methyl sites for hydroxylation is 1. The largest absolute Gasteiger partial charge is 0.351 e. The molecular formula is C14H22BrN3OS. The number of halogens is 1. The minimum Gasteiger partial charge on any atom is -0.351 e. The second-order valence-electron chi connectivity index (χ2n) is 5.68. The highest BCUT2D eigenvalue weighted by atomic mass is 79.9. The molecule has 20 heavy (non-hydrogen) atoms. The number of rotatable bonds is 6. The maximum absolute atomic E-state index is 12.3. The molecule has 1 aromatic rings. The van der Waals surface area contributed by atoms with Gasteiger partial charge < -0.3 is 5.32 Å². The first-order valence-corrected chi connectivity index (χ1v) is 9.25. The maximum atomic E-state index is 12.3. The zero-order chi connectivity index (χ0) is 14.4. The van der Waals surface area contributed by atoms with E-state index in [1.54, 1.807) is 0 Å². The molecule has 1 amide bonds. The van der Waals surface area contributed by atoms with Crippen molar-refractivity contribution in [2.75, 3.05) is 11.9 Å². The van der Waals surface area contributed by atoms with E-state index >= 15 is 0 Å². The molecular weight excluding hydrogens is 338 g/mol. The molecule has 0 atom stereocenters. The Morgan fingerprint density at radius 1 is 1.40 bits per heavy atom. The first kappa shape index (κ1) is 15.9.